The van der Waals surface area contributed by atoms with Crippen LogP contribution < -0.4 is 11.1 Å². The van der Waals surface area contributed by atoms with Crippen LogP contribution in [0, 0.1) is 10.1 Å². The van der Waals surface area contributed by atoms with E-state index in [4.69, 9.17) is 5.73 Å². The number of rotatable bonds is 7. The molecule has 0 aromatic heterocycles. The summed E-state index contributed by atoms with van der Waals surface area (Å²) in [5.41, 5.74) is 5.51. The van der Waals surface area contributed by atoms with Crippen LogP contribution in [-0.2, 0) is 4.79 Å². The number of nitro groups is 1. The number of hydrogen-bond donors (Lipinski definition) is 2. The Balaban J connectivity index is 3.01. The zero-order valence-electron chi connectivity index (χ0n) is 10.0. The number of hydrogen-bond acceptors (Lipinski definition) is 5. The van der Waals surface area contributed by atoms with Gasteiger partial charge in [-0.1, -0.05) is 13.0 Å². The Labute approximate surface area is 109 Å². The minimum atomic E-state index is -0.499. The van der Waals surface area contributed by atoms with Gasteiger partial charge in [-0.2, -0.15) is 0 Å². The molecule has 3 N–H and O–H groups in total. The smallest absolute Gasteiger partial charge is 0.305 e. The van der Waals surface area contributed by atoms with Crippen LogP contribution >= 0.6 is 11.8 Å². The van der Waals surface area contributed by atoms with Gasteiger partial charge in [0.25, 0.3) is 0 Å². The summed E-state index contributed by atoms with van der Waals surface area (Å²) in [6, 6.07) is 4.99. The first kappa shape index (κ1) is 14.3. The van der Waals surface area contributed by atoms with Crippen LogP contribution in [0.4, 0.5) is 11.4 Å². The molecule has 1 aromatic rings. The molecule has 6 nitrogen and oxygen atoms in total. The molecule has 0 radical (unpaired) electrons. The molecule has 0 aliphatic carbocycles. The Hall–Kier alpha value is -1.76. The molecule has 18 heavy (non-hydrogen) atoms. The van der Waals surface area contributed by atoms with Crippen LogP contribution in [0.3, 0.4) is 0 Å². The second kappa shape index (κ2) is 6.85. The Morgan fingerprint density at radius 2 is 2.28 bits per heavy atom. The Bertz CT molecular complexity index is 451. The van der Waals surface area contributed by atoms with Crippen molar-refractivity contribution >= 4 is 29.0 Å². The number of anilines is 1. The number of amides is 1. The van der Waals surface area contributed by atoms with Crippen molar-refractivity contribution in [3.8, 4) is 0 Å². The van der Waals surface area contributed by atoms with Gasteiger partial charge >= 0.3 is 5.69 Å². The maximum absolute atomic E-state index is 11.1. The predicted molar refractivity (Wildman–Crippen MR) is 71.8 cm³/mol. The first-order valence-corrected chi connectivity index (χ1v) is 6.47. The van der Waals surface area contributed by atoms with E-state index in [1.807, 2.05) is 6.92 Å². The van der Waals surface area contributed by atoms with Crippen LogP contribution in [0.5, 0.6) is 0 Å². The molecule has 1 aromatic carbocycles. The van der Waals surface area contributed by atoms with Crippen molar-refractivity contribution in [1.29, 1.82) is 0 Å². The highest BCUT2D eigenvalue weighted by Gasteiger charge is 2.19. The summed E-state index contributed by atoms with van der Waals surface area (Å²) in [6.45, 7) is 2.63. The number of thioether (sulfide) groups is 1. The number of para-hydroxylation sites is 1. The highest BCUT2D eigenvalue weighted by molar-refractivity contribution is 8.00. The maximum atomic E-state index is 11.1. The molecule has 1 amide bonds. The van der Waals surface area contributed by atoms with Gasteiger partial charge in [-0.05, 0) is 18.6 Å². The number of nitrogens with zero attached hydrogens (tertiary/aromatic N) is 1. The van der Waals surface area contributed by atoms with Crippen molar-refractivity contribution in [2.75, 3.05) is 17.6 Å². The second-order valence-electron chi connectivity index (χ2n) is 3.59. The van der Waals surface area contributed by atoms with Gasteiger partial charge in [0, 0.05) is 6.54 Å². The lowest BCUT2D eigenvalue weighted by atomic mass is 10.2. The van der Waals surface area contributed by atoms with E-state index in [9.17, 15) is 14.9 Å². The molecular formula is C11H15N3O3S. The van der Waals surface area contributed by atoms with Gasteiger partial charge in [0.05, 0.1) is 15.6 Å². The van der Waals surface area contributed by atoms with E-state index >= 15 is 0 Å². The van der Waals surface area contributed by atoms with Crippen molar-refractivity contribution in [3.05, 3.63) is 28.3 Å². The quantitative estimate of drug-likeness (QED) is 0.448. The van der Waals surface area contributed by atoms with Crippen LogP contribution in [0.15, 0.2) is 23.1 Å². The number of carbonyl (C=O) groups is 1. The van der Waals surface area contributed by atoms with E-state index in [1.54, 1.807) is 18.2 Å². The molecule has 0 aliphatic rings. The van der Waals surface area contributed by atoms with Crippen LogP contribution in [0.2, 0.25) is 0 Å². The molecule has 0 spiro atoms. The standard InChI is InChI=1S/C11H15N3O3S/c1-2-6-13-8-4-3-5-9(11(8)14(16)17)18-7-10(12)15/h3-5,13H,2,6-7H2,1H3,(H2,12,15). The van der Waals surface area contributed by atoms with E-state index in [2.05, 4.69) is 5.32 Å². The molecule has 0 saturated heterocycles. The van der Waals surface area contributed by atoms with Crippen molar-refractivity contribution in [1.82, 2.24) is 0 Å². The fourth-order valence-corrected chi connectivity index (χ4v) is 2.17. The van der Waals surface area contributed by atoms with Crippen molar-refractivity contribution in [2.24, 2.45) is 5.73 Å². The minimum absolute atomic E-state index is 0.00259. The normalized spacial score (nSPS) is 10.1. The highest BCUT2D eigenvalue weighted by Crippen LogP contribution is 2.35. The summed E-state index contributed by atoms with van der Waals surface area (Å²) in [7, 11) is 0. The lowest BCUT2D eigenvalue weighted by Crippen LogP contribution is -2.13. The van der Waals surface area contributed by atoms with E-state index in [0.29, 0.717) is 17.1 Å². The molecule has 1 rings (SSSR count). The SMILES string of the molecule is CCCNc1cccc(SCC(N)=O)c1[N+](=O)[O-]. The molecule has 0 atom stereocenters. The third kappa shape index (κ3) is 3.92. The molecule has 0 unspecified atom stereocenters. The van der Waals surface area contributed by atoms with Gasteiger partial charge in [-0.15, -0.1) is 11.8 Å². The zero-order valence-corrected chi connectivity index (χ0v) is 10.8. The monoisotopic (exact) mass is 269 g/mol. The summed E-state index contributed by atoms with van der Waals surface area (Å²) < 4.78 is 0. The van der Waals surface area contributed by atoms with Gasteiger partial charge in [-0.3, -0.25) is 14.9 Å². The minimum Gasteiger partial charge on any atom is -0.379 e. The maximum Gasteiger partial charge on any atom is 0.305 e. The number of primary amides is 1. The number of benzene rings is 1. The predicted octanol–water partition coefficient (Wildman–Crippen LogP) is 1.99. The van der Waals surface area contributed by atoms with E-state index in [0.717, 1.165) is 18.2 Å². The van der Waals surface area contributed by atoms with Crippen molar-refractivity contribution in [3.63, 3.8) is 0 Å². The summed E-state index contributed by atoms with van der Waals surface area (Å²) in [5.74, 6) is -0.473. The molecule has 0 bridgehead atoms. The molecule has 0 heterocycles. The highest BCUT2D eigenvalue weighted by atomic mass is 32.2. The fourth-order valence-electron chi connectivity index (χ4n) is 1.38. The molecule has 0 fully saturated rings. The number of nitrogens with two attached hydrogens (primary N) is 1. The van der Waals surface area contributed by atoms with Crippen molar-refractivity contribution in [2.45, 2.75) is 18.2 Å². The molecule has 98 valence electrons. The second-order valence-corrected chi connectivity index (χ2v) is 4.61. The molecule has 0 aliphatic heterocycles. The molecule has 7 heteroatoms. The van der Waals surface area contributed by atoms with E-state index in [1.165, 1.54) is 0 Å². The number of nitrogens with one attached hydrogen (secondary N) is 1. The summed E-state index contributed by atoms with van der Waals surface area (Å²) in [4.78, 5) is 21.8. The summed E-state index contributed by atoms with van der Waals surface area (Å²) in [5, 5.41) is 14.1. The average Bonchev–Trinajstić information content (AvgIpc) is 2.33. The van der Waals surface area contributed by atoms with Crippen molar-refractivity contribution < 1.29 is 9.72 Å². The molecule has 0 saturated carbocycles. The molecular weight excluding hydrogens is 254 g/mol. The van der Waals surface area contributed by atoms with Crippen LogP contribution in [0.1, 0.15) is 13.3 Å². The summed E-state index contributed by atoms with van der Waals surface area (Å²) in [6.07, 6.45) is 0.871. The lowest BCUT2D eigenvalue weighted by Gasteiger charge is -2.08. The Morgan fingerprint density at radius 3 is 2.83 bits per heavy atom. The van der Waals surface area contributed by atoms with Crippen LogP contribution in [0.25, 0.3) is 0 Å². The number of nitro benzene ring substituents is 1. The van der Waals surface area contributed by atoms with Gasteiger partial charge in [0.2, 0.25) is 5.91 Å². The largest absolute Gasteiger partial charge is 0.379 e. The fraction of sp³-hybridized carbons (Fsp3) is 0.364. The van der Waals surface area contributed by atoms with Gasteiger partial charge in [-0.25, -0.2) is 0 Å². The first-order valence-electron chi connectivity index (χ1n) is 5.48. The topological polar surface area (TPSA) is 98.3 Å². The Morgan fingerprint density at radius 1 is 1.56 bits per heavy atom. The average molecular weight is 269 g/mol. The summed E-state index contributed by atoms with van der Waals surface area (Å²) >= 11 is 1.07. The third-order valence-corrected chi connectivity index (χ3v) is 3.19. The van der Waals surface area contributed by atoms with Crippen LogP contribution in [-0.4, -0.2) is 23.1 Å². The van der Waals surface area contributed by atoms with E-state index < -0.39 is 10.8 Å². The first-order chi connectivity index (χ1) is 8.56. The van der Waals surface area contributed by atoms with Gasteiger partial charge < -0.3 is 11.1 Å². The Kier molecular flexibility index (Phi) is 5.44. The zero-order chi connectivity index (χ0) is 13.5. The number of carbonyl (C=O) groups excluding carboxylic acids is 1. The van der Waals surface area contributed by atoms with E-state index in [-0.39, 0.29) is 11.4 Å². The lowest BCUT2D eigenvalue weighted by molar-refractivity contribution is -0.386. The van der Waals surface area contributed by atoms with Gasteiger partial charge in [0.15, 0.2) is 0 Å². The third-order valence-electron chi connectivity index (χ3n) is 2.12. The van der Waals surface area contributed by atoms with Gasteiger partial charge in [0.1, 0.15) is 5.69 Å².